The van der Waals surface area contributed by atoms with E-state index in [-0.39, 0.29) is 23.1 Å². The van der Waals surface area contributed by atoms with Gasteiger partial charge in [0.05, 0.1) is 5.69 Å². The molecule has 2 aromatic rings. The molecule has 2 aliphatic heterocycles. The van der Waals surface area contributed by atoms with Gasteiger partial charge in [-0.3, -0.25) is 0 Å². The SMILES string of the molecule is Fc1ccc(C2CC2)cc1-c1cc(C(F)(F)F)c(N[C@@H]2C[C@@H]3CN(CC4CCOCC4)C[C@@H]3C2)nn1. The highest BCUT2D eigenvalue weighted by Gasteiger charge is 2.43. The molecule has 36 heavy (non-hydrogen) atoms. The molecule has 0 spiro atoms. The van der Waals surface area contributed by atoms with Gasteiger partial charge < -0.3 is 15.0 Å². The first kappa shape index (κ1) is 24.1. The van der Waals surface area contributed by atoms with Gasteiger partial charge in [0, 0.05) is 44.5 Å². The molecule has 3 atom stereocenters. The number of nitrogens with one attached hydrogen (secondary N) is 1. The summed E-state index contributed by atoms with van der Waals surface area (Å²) < 4.78 is 62.1. The molecule has 194 valence electrons. The average Bonchev–Trinajstić information content (AvgIpc) is 3.54. The van der Waals surface area contributed by atoms with E-state index in [0.717, 1.165) is 83.0 Å². The molecular formula is C27H32F4N4O. The highest BCUT2D eigenvalue weighted by atomic mass is 19.4. The smallest absolute Gasteiger partial charge is 0.381 e. The number of anilines is 1. The van der Waals surface area contributed by atoms with E-state index >= 15 is 0 Å². The van der Waals surface area contributed by atoms with Crippen LogP contribution in [-0.2, 0) is 10.9 Å². The van der Waals surface area contributed by atoms with Crippen LogP contribution in [0.3, 0.4) is 0 Å². The minimum Gasteiger partial charge on any atom is -0.381 e. The zero-order valence-corrected chi connectivity index (χ0v) is 20.2. The van der Waals surface area contributed by atoms with Crippen molar-refractivity contribution < 1.29 is 22.3 Å². The molecule has 2 aliphatic carbocycles. The molecule has 0 amide bonds. The van der Waals surface area contributed by atoms with Gasteiger partial charge >= 0.3 is 6.18 Å². The second kappa shape index (κ2) is 9.56. The van der Waals surface area contributed by atoms with Crippen LogP contribution in [0.2, 0.25) is 0 Å². The molecular weight excluding hydrogens is 472 g/mol. The normalized spacial score (nSPS) is 27.4. The highest BCUT2D eigenvalue weighted by molar-refractivity contribution is 5.64. The largest absolute Gasteiger partial charge is 0.420 e. The van der Waals surface area contributed by atoms with E-state index in [1.807, 2.05) is 0 Å². The number of halogens is 4. The first-order chi connectivity index (χ1) is 17.3. The molecule has 0 radical (unpaired) electrons. The molecule has 4 fully saturated rings. The van der Waals surface area contributed by atoms with Crippen LogP contribution in [0.25, 0.3) is 11.3 Å². The summed E-state index contributed by atoms with van der Waals surface area (Å²) in [5.41, 5.74) is 0.0399. The Balaban J connectivity index is 1.14. The van der Waals surface area contributed by atoms with Crippen molar-refractivity contribution in [3.63, 3.8) is 0 Å². The van der Waals surface area contributed by atoms with E-state index in [2.05, 4.69) is 20.4 Å². The van der Waals surface area contributed by atoms with Crippen molar-refractivity contribution in [1.82, 2.24) is 15.1 Å². The van der Waals surface area contributed by atoms with E-state index in [4.69, 9.17) is 4.74 Å². The van der Waals surface area contributed by atoms with Gasteiger partial charge in [-0.25, -0.2) is 4.39 Å². The fourth-order valence-corrected chi connectivity index (χ4v) is 6.41. The van der Waals surface area contributed by atoms with E-state index in [9.17, 15) is 17.6 Å². The number of alkyl halides is 3. The lowest BCUT2D eigenvalue weighted by atomic mass is 10.00. The van der Waals surface area contributed by atoms with Crippen LogP contribution < -0.4 is 5.32 Å². The number of fused-ring (bicyclic) bond motifs is 1. The van der Waals surface area contributed by atoms with Crippen LogP contribution in [0.15, 0.2) is 24.3 Å². The minimum absolute atomic E-state index is 0.0681. The summed E-state index contributed by atoms with van der Waals surface area (Å²) in [6, 6.07) is 5.50. The number of likely N-dealkylation sites (tertiary alicyclic amines) is 1. The van der Waals surface area contributed by atoms with Crippen molar-refractivity contribution in [2.75, 3.05) is 38.2 Å². The molecule has 5 nitrogen and oxygen atoms in total. The minimum atomic E-state index is -4.62. The van der Waals surface area contributed by atoms with Gasteiger partial charge in [0.15, 0.2) is 5.82 Å². The lowest BCUT2D eigenvalue weighted by Crippen LogP contribution is -2.32. The predicted molar refractivity (Wildman–Crippen MR) is 128 cm³/mol. The Kier molecular flexibility index (Phi) is 6.40. The Bertz CT molecular complexity index is 1090. The summed E-state index contributed by atoms with van der Waals surface area (Å²) in [6.07, 6.45) is 1.29. The second-order valence-electron chi connectivity index (χ2n) is 11.1. The van der Waals surface area contributed by atoms with Crippen LogP contribution in [0.1, 0.15) is 55.6 Å². The standard InChI is InChI=1S/C27H32F4N4O/c28-24-4-3-18(17-1-2-17)11-22(24)25-12-23(27(29,30)31)26(34-33-25)32-21-9-19-14-35(15-20(19)10-21)13-16-5-7-36-8-6-16/h3-4,11-12,16-17,19-21H,1-2,5-10,13-15H2,(H,32,34)/t19-,20+,21-. The number of nitrogens with zero attached hydrogens (tertiary/aromatic N) is 3. The van der Waals surface area contributed by atoms with Gasteiger partial charge in [-0.15, -0.1) is 10.2 Å². The van der Waals surface area contributed by atoms with Crippen molar-refractivity contribution in [2.24, 2.45) is 17.8 Å². The third-order valence-electron chi connectivity index (χ3n) is 8.44. The van der Waals surface area contributed by atoms with Crippen molar-refractivity contribution in [2.45, 2.75) is 56.7 Å². The first-order valence-electron chi connectivity index (χ1n) is 13.1. The Morgan fingerprint density at radius 3 is 2.36 bits per heavy atom. The molecule has 0 unspecified atom stereocenters. The van der Waals surface area contributed by atoms with Crippen molar-refractivity contribution >= 4 is 5.82 Å². The zero-order valence-electron chi connectivity index (χ0n) is 20.2. The fourth-order valence-electron chi connectivity index (χ4n) is 6.41. The van der Waals surface area contributed by atoms with E-state index in [1.165, 1.54) is 6.07 Å². The average molecular weight is 505 g/mol. The molecule has 4 aliphatic rings. The summed E-state index contributed by atoms with van der Waals surface area (Å²) >= 11 is 0. The number of ether oxygens (including phenoxy) is 1. The number of hydrogen-bond donors (Lipinski definition) is 1. The third kappa shape index (κ3) is 5.09. The molecule has 6 rings (SSSR count). The van der Waals surface area contributed by atoms with Gasteiger partial charge in [-0.1, -0.05) is 6.07 Å². The molecule has 9 heteroatoms. The molecule has 1 aromatic carbocycles. The van der Waals surface area contributed by atoms with Gasteiger partial charge in [0.2, 0.25) is 0 Å². The third-order valence-corrected chi connectivity index (χ3v) is 8.44. The number of benzene rings is 1. The Morgan fingerprint density at radius 1 is 0.972 bits per heavy atom. The molecule has 2 saturated heterocycles. The summed E-state index contributed by atoms with van der Waals surface area (Å²) in [5, 5.41) is 11.0. The van der Waals surface area contributed by atoms with Crippen molar-refractivity contribution in [3.8, 4) is 11.3 Å². The predicted octanol–water partition coefficient (Wildman–Crippen LogP) is 5.73. The Hall–Kier alpha value is -2.26. The van der Waals surface area contributed by atoms with E-state index in [1.54, 1.807) is 12.1 Å². The lowest BCUT2D eigenvalue weighted by Gasteiger charge is -2.28. The topological polar surface area (TPSA) is 50.3 Å². The van der Waals surface area contributed by atoms with Crippen molar-refractivity contribution in [1.29, 1.82) is 0 Å². The Morgan fingerprint density at radius 2 is 1.69 bits per heavy atom. The van der Waals surface area contributed by atoms with Crippen LogP contribution >= 0.6 is 0 Å². The molecule has 1 aromatic heterocycles. The van der Waals surface area contributed by atoms with E-state index in [0.29, 0.717) is 23.7 Å². The number of rotatable bonds is 6. The van der Waals surface area contributed by atoms with Gasteiger partial charge in [-0.2, -0.15) is 13.2 Å². The van der Waals surface area contributed by atoms with Crippen LogP contribution in [0.4, 0.5) is 23.4 Å². The van der Waals surface area contributed by atoms with Gasteiger partial charge in [0.25, 0.3) is 0 Å². The molecule has 0 bridgehead atoms. The zero-order chi connectivity index (χ0) is 24.9. The maximum absolute atomic E-state index is 14.5. The van der Waals surface area contributed by atoms with Crippen LogP contribution in [-0.4, -0.2) is 54.0 Å². The van der Waals surface area contributed by atoms with Crippen LogP contribution in [0, 0.1) is 23.6 Å². The molecule has 1 N–H and O–H groups in total. The number of aromatic nitrogens is 2. The lowest BCUT2D eigenvalue weighted by molar-refractivity contribution is -0.137. The summed E-state index contributed by atoms with van der Waals surface area (Å²) in [6.45, 7) is 4.80. The fraction of sp³-hybridized carbons (Fsp3) is 0.630. The Labute approximate surface area is 208 Å². The first-order valence-corrected chi connectivity index (χ1v) is 13.1. The number of hydrogen-bond acceptors (Lipinski definition) is 5. The van der Waals surface area contributed by atoms with E-state index < -0.39 is 17.6 Å². The molecule has 2 saturated carbocycles. The maximum atomic E-state index is 14.5. The summed E-state index contributed by atoms with van der Waals surface area (Å²) in [4.78, 5) is 2.53. The quantitative estimate of drug-likeness (QED) is 0.510. The maximum Gasteiger partial charge on any atom is 0.420 e. The summed E-state index contributed by atoms with van der Waals surface area (Å²) in [7, 11) is 0. The van der Waals surface area contributed by atoms with Crippen molar-refractivity contribution in [3.05, 3.63) is 41.2 Å². The summed E-state index contributed by atoms with van der Waals surface area (Å²) in [5.74, 6) is 1.18. The van der Waals surface area contributed by atoms with Crippen LogP contribution in [0.5, 0.6) is 0 Å². The molecule has 3 heterocycles. The second-order valence-corrected chi connectivity index (χ2v) is 11.1. The van der Waals surface area contributed by atoms with Gasteiger partial charge in [0.1, 0.15) is 11.4 Å². The monoisotopic (exact) mass is 504 g/mol. The van der Waals surface area contributed by atoms with Gasteiger partial charge in [-0.05, 0) is 86.0 Å². The highest BCUT2D eigenvalue weighted by Crippen LogP contribution is 2.43.